The van der Waals surface area contributed by atoms with E-state index in [9.17, 15) is 9.59 Å². The van der Waals surface area contributed by atoms with Crippen LogP contribution in [0.25, 0.3) is 0 Å². The van der Waals surface area contributed by atoms with Crippen molar-refractivity contribution in [2.45, 2.75) is 13.3 Å². The van der Waals surface area contributed by atoms with Crippen LogP contribution < -0.4 is 9.47 Å². The first-order valence-corrected chi connectivity index (χ1v) is 9.47. The zero-order valence-electron chi connectivity index (χ0n) is 16.4. The number of aryl methyl sites for hydroxylation is 1. The maximum Gasteiger partial charge on any atom is 0.260 e. The van der Waals surface area contributed by atoms with Gasteiger partial charge in [0.2, 0.25) is 0 Å². The largest absolute Gasteiger partial charge is 0.497 e. The van der Waals surface area contributed by atoms with Crippen LogP contribution in [0.2, 0.25) is 0 Å². The van der Waals surface area contributed by atoms with E-state index >= 15 is 0 Å². The first-order valence-electron chi connectivity index (χ1n) is 9.47. The van der Waals surface area contributed by atoms with Gasteiger partial charge in [0.05, 0.1) is 7.11 Å². The molecule has 1 heterocycles. The van der Waals surface area contributed by atoms with Crippen LogP contribution >= 0.6 is 0 Å². The van der Waals surface area contributed by atoms with Crippen molar-refractivity contribution in [1.82, 2.24) is 9.80 Å². The Bertz CT molecular complexity index is 820. The van der Waals surface area contributed by atoms with Gasteiger partial charge in [0.25, 0.3) is 11.8 Å². The van der Waals surface area contributed by atoms with Gasteiger partial charge in [0, 0.05) is 31.7 Å². The number of hydrogen-bond acceptors (Lipinski definition) is 4. The lowest BCUT2D eigenvalue weighted by Crippen LogP contribution is -2.39. The van der Waals surface area contributed by atoms with Gasteiger partial charge in [-0.2, -0.15) is 0 Å². The Balaban J connectivity index is 1.54. The second kappa shape index (κ2) is 9.26. The quantitative estimate of drug-likeness (QED) is 0.798. The van der Waals surface area contributed by atoms with Crippen molar-refractivity contribution < 1.29 is 19.1 Å². The van der Waals surface area contributed by atoms with E-state index in [4.69, 9.17) is 9.47 Å². The van der Waals surface area contributed by atoms with E-state index in [-0.39, 0.29) is 18.4 Å². The number of rotatable bonds is 5. The van der Waals surface area contributed by atoms with E-state index < -0.39 is 0 Å². The highest BCUT2D eigenvalue weighted by molar-refractivity contribution is 5.94. The summed E-state index contributed by atoms with van der Waals surface area (Å²) >= 11 is 0. The average Bonchev–Trinajstić information content (AvgIpc) is 2.99. The third-order valence-corrected chi connectivity index (χ3v) is 4.84. The van der Waals surface area contributed by atoms with E-state index in [1.54, 1.807) is 29.0 Å². The normalized spacial score (nSPS) is 14.4. The predicted octanol–water partition coefficient (Wildman–Crippen LogP) is 2.76. The number of nitrogens with zero attached hydrogens (tertiary/aromatic N) is 2. The topological polar surface area (TPSA) is 59.1 Å². The maximum atomic E-state index is 12.8. The molecular weight excluding hydrogens is 356 g/mol. The fraction of sp³-hybridized carbons (Fsp3) is 0.364. The van der Waals surface area contributed by atoms with Crippen molar-refractivity contribution in [2.24, 2.45) is 0 Å². The van der Waals surface area contributed by atoms with Crippen molar-refractivity contribution in [3.8, 4) is 11.5 Å². The molecule has 2 aromatic carbocycles. The Labute approximate surface area is 165 Å². The molecule has 0 unspecified atom stereocenters. The lowest BCUT2D eigenvalue weighted by atomic mass is 10.2. The van der Waals surface area contributed by atoms with Crippen LogP contribution in [-0.2, 0) is 4.79 Å². The molecule has 28 heavy (non-hydrogen) atoms. The standard InChI is InChI=1S/C22H26N2O4/c1-17-7-9-19(10-8-17)28-16-21(25)23-11-4-12-24(14-13-23)22(26)18-5-3-6-20(15-18)27-2/h3,5-10,15H,4,11-14,16H2,1-2H3. The molecule has 6 heteroatoms. The van der Waals surface area contributed by atoms with Crippen molar-refractivity contribution in [1.29, 1.82) is 0 Å². The molecule has 0 atom stereocenters. The number of amides is 2. The van der Waals surface area contributed by atoms with E-state index in [0.29, 0.717) is 43.2 Å². The fourth-order valence-corrected chi connectivity index (χ4v) is 3.18. The van der Waals surface area contributed by atoms with Crippen LogP contribution in [0.15, 0.2) is 48.5 Å². The summed E-state index contributed by atoms with van der Waals surface area (Å²) in [5.74, 6) is 1.25. The summed E-state index contributed by atoms with van der Waals surface area (Å²) in [5, 5.41) is 0. The van der Waals surface area contributed by atoms with E-state index in [1.807, 2.05) is 43.3 Å². The Hall–Kier alpha value is -3.02. The summed E-state index contributed by atoms with van der Waals surface area (Å²) in [6, 6.07) is 14.8. The first kappa shape index (κ1) is 19.7. The molecule has 2 amide bonds. The number of carbonyl (C=O) groups is 2. The van der Waals surface area contributed by atoms with Crippen LogP contribution in [0.1, 0.15) is 22.3 Å². The summed E-state index contributed by atoms with van der Waals surface area (Å²) < 4.78 is 10.8. The molecule has 0 aliphatic carbocycles. The molecule has 0 bridgehead atoms. The van der Waals surface area contributed by atoms with Crippen molar-refractivity contribution >= 4 is 11.8 Å². The van der Waals surface area contributed by atoms with Gasteiger partial charge >= 0.3 is 0 Å². The molecule has 1 saturated heterocycles. The number of carbonyl (C=O) groups excluding carboxylic acids is 2. The summed E-state index contributed by atoms with van der Waals surface area (Å²) in [4.78, 5) is 28.8. The third kappa shape index (κ3) is 5.03. The van der Waals surface area contributed by atoms with Crippen LogP contribution in [0.3, 0.4) is 0 Å². The molecule has 3 rings (SSSR count). The Morgan fingerprint density at radius 1 is 0.929 bits per heavy atom. The third-order valence-electron chi connectivity index (χ3n) is 4.84. The van der Waals surface area contributed by atoms with Crippen LogP contribution in [0.4, 0.5) is 0 Å². The SMILES string of the molecule is COc1cccc(C(=O)N2CCCN(C(=O)COc3ccc(C)cc3)CC2)c1. The van der Waals surface area contributed by atoms with Gasteiger partial charge in [-0.1, -0.05) is 23.8 Å². The van der Waals surface area contributed by atoms with Gasteiger partial charge < -0.3 is 19.3 Å². The Morgan fingerprint density at radius 2 is 1.64 bits per heavy atom. The molecule has 0 radical (unpaired) electrons. The second-order valence-electron chi connectivity index (χ2n) is 6.86. The monoisotopic (exact) mass is 382 g/mol. The van der Waals surface area contributed by atoms with Crippen molar-refractivity contribution in [3.05, 3.63) is 59.7 Å². The molecule has 2 aromatic rings. The van der Waals surface area contributed by atoms with Gasteiger partial charge in [-0.05, 0) is 43.7 Å². The first-order chi connectivity index (χ1) is 13.6. The average molecular weight is 382 g/mol. The van der Waals surface area contributed by atoms with E-state index in [2.05, 4.69) is 0 Å². The van der Waals surface area contributed by atoms with Crippen molar-refractivity contribution in [2.75, 3.05) is 39.9 Å². The minimum Gasteiger partial charge on any atom is -0.497 e. The summed E-state index contributed by atoms with van der Waals surface area (Å²) in [6.45, 7) is 4.27. The second-order valence-corrected chi connectivity index (χ2v) is 6.86. The molecule has 1 fully saturated rings. The molecular formula is C22H26N2O4. The highest BCUT2D eigenvalue weighted by atomic mass is 16.5. The highest BCUT2D eigenvalue weighted by Crippen LogP contribution is 2.16. The smallest absolute Gasteiger partial charge is 0.260 e. The molecule has 0 saturated carbocycles. The molecule has 0 spiro atoms. The van der Waals surface area contributed by atoms with Gasteiger partial charge in [-0.25, -0.2) is 0 Å². The molecule has 6 nitrogen and oxygen atoms in total. The lowest BCUT2D eigenvalue weighted by Gasteiger charge is -2.22. The van der Waals surface area contributed by atoms with Crippen molar-refractivity contribution in [3.63, 3.8) is 0 Å². The summed E-state index contributed by atoms with van der Waals surface area (Å²) in [5.41, 5.74) is 1.74. The molecule has 0 aromatic heterocycles. The highest BCUT2D eigenvalue weighted by Gasteiger charge is 2.23. The number of ether oxygens (including phenoxy) is 2. The molecule has 148 valence electrons. The predicted molar refractivity (Wildman–Crippen MR) is 107 cm³/mol. The Morgan fingerprint density at radius 3 is 2.39 bits per heavy atom. The minimum atomic E-state index is -0.0590. The van der Waals surface area contributed by atoms with E-state index in [0.717, 1.165) is 12.0 Å². The minimum absolute atomic E-state index is 0.00684. The van der Waals surface area contributed by atoms with Gasteiger partial charge in [-0.3, -0.25) is 9.59 Å². The number of hydrogen-bond donors (Lipinski definition) is 0. The number of methoxy groups -OCH3 is 1. The lowest BCUT2D eigenvalue weighted by molar-refractivity contribution is -0.133. The van der Waals surface area contributed by atoms with Crippen LogP contribution in [0, 0.1) is 6.92 Å². The van der Waals surface area contributed by atoms with Gasteiger partial charge in [0.1, 0.15) is 11.5 Å². The molecule has 1 aliphatic rings. The molecule has 1 aliphatic heterocycles. The zero-order chi connectivity index (χ0) is 19.9. The molecule has 0 N–H and O–H groups in total. The van der Waals surface area contributed by atoms with Crippen LogP contribution in [0.5, 0.6) is 11.5 Å². The zero-order valence-corrected chi connectivity index (χ0v) is 16.4. The summed E-state index contributed by atoms with van der Waals surface area (Å²) in [6.07, 6.45) is 0.742. The Kier molecular flexibility index (Phi) is 6.53. The maximum absolute atomic E-state index is 12.8. The number of benzene rings is 2. The van der Waals surface area contributed by atoms with E-state index in [1.165, 1.54) is 0 Å². The fourth-order valence-electron chi connectivity index (χ4n) is 3.18. The van der Waals surface area contributed by atoms with Gasteiger partial charge in [-0.15, -0.1) is 0 Å². The summed E-state index contributed by atoms with van der Waals surface area (Å²) in [7, 11) is 1.58. The van der Waals surface area contributed by atoms with Gasteiger partial charge in [0.15, 0.2) is 6.61 Å². The van der Waals surface area contributed by atoms with Crippen LogP contribution in [-0.4, -0.2) is 61.5 Å².